The van der Waals surface area contributed by atoms with Crippen LogP contribution in [0.2, 0.25) is 0 Å². The Labute approximate surface area is 128 Å². The van der Waals surface area contributed by atoms with Crippen molar-refractivity contribution in [3.63, 3.8) is 0 Å². The minimum Gasteiger partial charge on any atom is -0.330 e. The van der Waals surface area contributed by atoms with Crippen LogP contribution in [-0.2, 0) is 0 Å². The summed E-state index contributed by atoms with van der Waals surface area (Å²) in [6, 6.07) is 15.2. The summed E-state index contributed by atoms with van der Waals surface area (Å²) in [7, 11) is 0. The molecule has 0 aromatic heterocycles. The van der Waals surface area contributed by atoms with Crippen LogP contribution in [0.4, 0.5) is 0 Å². The van der Waals surface area contributed by atoms with Crippen molar-refractivity contribution in [2.45, 2.75) is 33.1 Å². The van der Waals surface area contributed by atoms with Crippen LogP contribution in [0, 0.1) is 13.8 Å². The van der Waals surface area contributed by atoms with Gasteiger partial charge in [0.15, 0.2) is 0 Å². The van der Waals surface area contributed by atoms with Crippen LogP contribution < -0.4 is 5.73 Å². The SMILES string of the molecule is Cc1cccc(C)c1/C=C/c1cccc(C(C)CCN)c1. The van der Waals surface area contributed by atoms with E-state index < -0.39 is 0 Å². The summed E-state index contributed by atoms with van der Waals surface area (Å²) in [6.45, 7) is 7.30. The Bertz CT molecular complexity index is 605. The zero-order valence-corrected chi connectivity index (χ0v) is 13.3. The lowest BCUT2D eigenvalue weighted by Gasteiger charge is -2.11. The monoisotopic (exact) mass is 279 g/mol. The number of nitrogens with two attached hydrogens (primary N) is 1. The Kier molecular flexibility index (Phi) is 5.35. The van der Waals surface area contributed by atoms with E-state index in [1.54, 1.807) is 0 Å². The molecule has 0 amide bonds. The molecule has 2 rings (SSSR count). The van der Waals surface area contributed by atoms with E-state index in [2.05, 4.69) is 75.4 Å². The Morgan fingerprint density at radius 3 is 2.33 bits per heavy atom. The standard InChI is InChI=1S/C20H25N/c1-15(12-13-21)19-9-5-8-18(14-19)10-11-20-16(2)6-4-7-17(20)3/h4-11,14-15H,12-13,21H2,1-3H3/b11-10+. The number of aryl methyl sites for hydroxylation is 2. The lowest BCUT2D eigenvalue weighted by Crippen LogP contribution is -2.04. The average molecular weight is 279 g/mol. The topological polar surface area (TPSA) is 26.0 Å². The van der Waals surface area contributed by atoms with Gasteiger partial charge in [0, 0.05) is 0 Å². The summed E-state index contributed by atoms with van der Waals surface area (Å²) < 4.78 is 0. The molecular formula is C20H25N. The lowest BCUT2D eigenvalue weighted by molar-refractivity contribution is 0.690. The molecule has 0 aliphatic carbocycles. The predicted molar refractivity (Wildman–Crippen MR) is 93.4 cm³/mol. The molecule has 0 radical (unpaired) electrons. The summed E-state index contributed by atoms with van der Waals surface area (Å²) in [5, 5.41) is 0. The second-order valence-electron chi connectivity index (χ2n) is 5.79. The van der Waals surface area contributed by atoms with Crippen molar-refractivity contribution in [1.82, 2.24) is 0 Å². The van der Waals surface area contributed by atoms with Crippen LogP contribution in [0.3, 0.4) is 0 Å². The van der Waals surface area contributed by atoms with E-state index in [1.165, 1.54) is 27.8 Å². The zero-order chi connectivity index (χ0) is 15.2. The van der Waals surface area contributed by atoms with Crippen LogP contribution >= 0.6 is 0 Å². The van der Waals surface area contributed by atoms with Crippen molar-refractivity contribution in [3.8, 4) is 0 Å². The maximum atomic E-state index is 5.66. The Morgan fingerprint density at radius 2 is 1.67 bits per heavy atom. The Morgan fingerprint density at radius 1 is 1.00 bits per heavy atom. The van der Waals surface area contributed by atoms with Crippen LogP contribution in [0.1, 0.15) is 47.1 Å². The molecule has 0 saturated heterocycles. The minimum absolute atomic E-state index is 0.517. The molecule has 1 unspecified atom stereocenters. The summed E-state index contributed by atoms with van der Waals surface area (Å²) >= 11 is 0. The molecule has 0 saturated carbocycles. The fourth-order valence-corrected chi connectivity index (χ4v) is 2.66. The largest absolute Gasteiger partial charge is 0.330 e. The summed E-state index contributed by atoms with van der Waals surface area (Å²) in [5.74, 6) is 0.517. The molecule has 0 bridgehead atoms. The van der Waals surface area contributed by atoms with E-state index in [9.17, 15) is 0 Å². The lowest BCUT2D eigenvalue weighted by atomic mass is 9.95. The van der Waals surface area contributed by atoms with E-state index in [0.717, 1.165) is 13.0 Å². The second-order valence-corrected chi connectivity index (χ2v) is 5.79. The van der Waals surface area contributed by atoms with Gasteiger partial charge < -0.3 is 5.73 Å². The number of hydrogen-bond acceptors (Lipinski definition) is 1. The quantitative estimate of drug-likeness (QED) is 0.772. The van der Waals surface area contributed by atoms with Crippen LogP contribution in [-0.4, -0.2) is 6.54 Å². The molecule has 1 nitrogen and oxygen atoms in total. The van der Waals surface area contributed by atoms with Gasteiger partial charge >= 0.3 is 0 Å². The van der Waals surface area contributed by atoms with Gasteiger partial charge in [0.05, 0.1) is 0 Å². The first-order valence-electron chi connectivity index (χ1n) is 7.66. The van der Waals surface area contributed by atoms with Gasteiger partial charge in [-0.3, -0.25) is 0 Å². The molecule has 21 heavy (non-hydrogen) atoms. The maximum absolute atomic E-state index is 5.66. The van der Waals surface area contributed by atoms with Gasteiger partial charge in [-0.15, -0.1) is 0 Å². The Hall–Kier alpha value is -1.86. The van der Waals surface area contributed by atoms with Gasteiger partial charge in [-0.05, 0) is 60.5 Å². The number of rotatable bonds is 5. The minimum atomic E-state index is 0.517. The highest BCUT2D eigenvalue weighted by Crippen LogP contribution is 2.21. The fourth-order valence-electron chi connectivity index (χ4n) is 2.66. The molecule has 0 heterocycles. The summed E-state index contributed by atoms with van der Waals surface area (Å²) in [4.78, 5) is 0. The van der Waals surface area contributed by atoms with E-state index >= 15 is 0 Å². The molecule has 0 fully saturated rings. The third-order valence-electron chi connectivity index (χ3n) is 4.06. The number of hydrogen-bond donors (Lipinski definition) is 1. The van der Waals surface area contributed by atoms with Crippen molar-refractivity contribution >= 4 is 12.2 Å². The van der Waals surface area contributed by atoms with E-state index in [1.807, 2.05) is 0 Å². The third-order valence-corrected chi connectivity index (χ3v) is 4.06. The smallest absolute Gasteiger partial charge is 0.00715 e. The molecular weight excluding hydrogens is 254 g/mol. The predicted octanol–water partition coefficient (Wildman–Crippen LogP) is 4.93. The van der Waals surface area contributed by atoms with Gasteiger partial charge in [-0.1, -0.05) is 61.5 Å². The van der Waals surface area contributed by atoms with Crippen molar-refractivity contribution in [2.75, 3.05) is 6.54 Å². The normalized spacial score (nSPS) is 12.8. The fraction of sp³-hybridized carbons (Fsp3) is 0.300. The first kappa shape index (κ1) is 15.5. The second kappa shape index (κ2) is 7.24. The maximum Gasteiger partial charge on any atom is -0.00715 e. The molecule has 0 spiro atoms. The van der Waals surface area contributed by atoms with E-state index in [4.69, 9.17) is 5.73 Å². The molecule has 1 atom stereocenters. The van der Waals surface area contributed by atoms with Crippen molar-refractivity contribution in [1.29, 1.82) is 0 Å². The van der Waals surface area contributed by atoms with Gasteiger partial charge in [0.1, 0.15) is 0 Å². The summed E-state index contributed by atoms with van der Waals surface area (Å²) in [6.07, 6.45) is 5.45. The molecule has 110 valence electrons. The Balaban J connectivity index is 2.23. The van der Waals surface area contributed by atoms with Crippen molar-refractivity contribution in [3.05, 3.63) is 70.3 Å². The molecule has 0 aliphatic heterocycles. The van der Waals surface area contributed by atoms with E-state index in [0.29, 0.717) is 5.92 Å². The van der Waals surface area contributed by atoms with Crippen LogP contribution in [0.25, 0.3) is 12.2 Å². The molecule has 0 aliphatic rings. The van der Waals surface area contributed by atoms with Gasteiger partial charge in [0.2, 0.25) is 0 Å². The van der Waals surface area contributed by atoms with Gasteiger partial charge in [0.25, 0.3) is 0 Å². The summed E-state index contributed by atoms with van der Waals surface area (Å²) in [5.41, 5.74) is 12.2. The van der Waals surface area contributed by atoms with Crippen LogP contribution in [0.15, 0.2) is 42.5 Å². The van der Waals surface area contributed by atoms with Crippen LogP contribution in [0.5, 0.6) is 0 Å². The highest BCUT2D eigenvalue weighted by molar-refractivity contribution is 5.72. The zero-order valence-electron chi connectivity index (χ0n) is 13.3. The average Bonchev–Trinajstić information content (AvgIpc) is 2.47. The number of benzene rings is 2. The van der Waals surface area contributed by atoms with Gasteiger partial charge in [-0.25, -0.2) is 0 Å². The van der Waals surface area contributed by atoms with Crippen molar-refractivity contribution < 1.29 is 0 Å². The molecule has 2 N–H and O–H groups in total. The highest BCUT2D eigenvalue weighted by atomic mass is 14.5. The van der Waals surface area contributed by atoms with Gasteiger partial charge in [-0.2, -0.15) is 0 Å². The molecule has 2 aromatic carbocycles. The van der Waals surface area contributed by atoms with Crippen molar-refractivity contribution in [2.24, 2.45) is 5.73 Å². The molecule has 1 heteroatoms. The third kappa shape index (κ3) is 4.05. The first-order chi connectivity index (χ1) is 10.1. The highest BCUT2D eigenvalue weighted by Gasteiger charge is 2.04. The van der Waals surface area contributed by atoms with E-state index in [-0.39, 0.29) is 0 Å². The first-order valence-corrected chi connectivity index (χ1v) is 7.66. The molecule has 2 aromatic rings.